The molecule has 4 rings (SSSR count). The van der Waals surface area contributed by atoms with E-state index in [-0.39, 0.29) is 0 Å². The molecule has 1 N–H and O–H groups in total. The highest BCUT2D eigenvalue weighted by molar-refractivity contribution is 6.33. The van der Waals surface area contributed by atoms with Crippen molar-refractivity contribution in [3.63, 3.8) is 0 Å². The Balaban J connectivity index is 2.09. The van der Waals surface area contributed by atoms with Crippen LogP contribution in [0.4, 0.5) is 0 Å². The van der Waals surface area contributed by atoms with Gasteiger partial charge in [-0.05, 0) is 17.2 Å². The van der Waals surface area contributed by atoms with Gasteiger partial charge in [-0.15, -0.1) is 0 Å². The average molecular weight is 217 g/mol. The maximum absolute atomic E-state index is 3.56. The van der Waals surface area contributed by atoms with Crippen molar-refractivity contribution in [1.29, 1.82) is 0 Å². The van der Waals surface area contributed by atoms with Gasteiger partial charge in [-0.3, -0.25) is 0 Å². The number of rotatable bonds is 0. The van der Waals surface area contributed by atoms with E-state index in [1.54, 1.807) is 0 Å². The summed E-state index contributed by atoms with van der Waals surface area (Å²) in [4.78, 5) is 3.56. The monoisotopic (exact) mass is 217 g/mol. The molecule has 2 aromatic carbocycles. The molecule has 1 aliphatic rings. The fourth-order valence-electron chi connectivity index (χ4n) is 2.88. The van der Waals surface area contributed by atoms with Gasteiger partial charge < -0.3 is 4.98 Å². The molecule has 0 aliphatic heterocycles. The summed E-state index contributed by atoms with van der Waals surface area (Å²) in [7, 11) is 2.15. The van der Waals surface area contributed by atoms with E-state index in [1.165, 1.54) is 38.8 Å². The predicted octanol–water partition coefficient (Wildman–Crippen LogP) is 2.00. The molecule has 1 nitrogen and oxygen atoms in total. The van der Waals surface area contributed by atoms with E-state index in [1.807, 2.05) is 0 Å². The highest BCUT2D eigenvalue weighted by Crippen LogP contribution is 2.39. The van der Waals surface area contributed by atoms with E-state index in [0.29, 0.717) is 0 Å². The quantitative estimate of drug-likeness (QED) is 0.433. The second-order valence-corrected chi connectivity index (χ2v) is 4.86. The maximum Gasteiger partial charge on any atom is 0.139 e. The Bertz CT molecular complexity index is 740. The van der Waals surface area contributed by atoms with Crippen molar-refractivity contribution in [2.24, 2.45) is 0 Å². The van der Waals surface area contributed by atoms with Crippen LogP contribution in [0.1, 0.15) is 11.1 Å². The highest BCUT2D eigenvalue weighted by Gasteiger charge is 2.22. The fourth-order valence-corrected chi connectivity index (χ4v) is 2.88. The van der Waals surface area contributed by atoms with Crippen molar-refractivity contribution >= 4 is 24.2 Å². The summed E-state index contributed by atoms with van der Waals surface area (Å²) < 4.78 is 0. The van der Waals surface area contributed by atoms with Gasteiger partial charge in [-0.2, -0.15) is 0 Å². The predicted molar refractivity (Wildman–Crippen MR) is 74.7 cm³/mol. The van der Waals surface area contributed by atoms with E-state index in [9.17, 15) is 0 Å². The Hall–Kier alpha value is -1.96. The summed E-state index contributed by atoms with van der Waals surface area (Å²) in [6.45, 7) is 0. The largest absolute Gasteiger partial charge is 0.354 e. The van der Waals surface area contributed by atoms with E-state index in [0.717, 1.165) is 6.42 Å². The normalized spacial score (nSPS) is 12.7. The second-order valence-electron chi connectivity index (χ2n) is 4.86. The molecule has 0 unspecified atom stereocenters. The van der Waals surface area contributed by atoms with Gasteiger partial charge >= 0.3 is 0 Å². The molecule has 0 saturated carbocycles. The average Bonchev–Trinajstić information content (AvgIpc) is 2.85. The Morgan fingerprint density at radius 1 is 1.06 bits per heavy atom. The van der Waals surface area contributed by atoms with E-state index in [4.69, 9.17) is 0 Å². The maximum atomic E-state index is 3.56. The molecule has 0 amide bonds. The Kier molecular flexibility index (Phi) is 1.63. The number of benzene rings is 2. The third-order valence-electron chi connectivity index (χ3n) is 3.72. The van der Waals surface area contributed by atoms with Crippen molar-refractivity contribution < 1.29 is 0 Å². The summed E-state index contributed by atoms with van der Waals surface area (Å²) in [5, 5.41) is 1.39. The molecule has 0 bridgehead atoms. The smallest absolute Gasteiger partial charge is 0.139 e. The van der Waals surface area contributed by atoms with Crippen molar-refractivity contribution in [1.82, 2.24) is 4.98 Å². The highest BCUT2D eigenvalue weighted by atomic mass is 14.7. The van der Waals surface area contributed by atoms with Gasteiger partial charge in [0.25, 0.3) is 0 Å². The lowest BCUT2D eigenvalue weighted by Gasteiger charge is -1.99. The first-order chi connectivity index (χ1) is 8.33. The fraction of sp³-hybridized carbons (Fsp3) is 0.0667. The van der Waals surface area contributed by atoms with Gasteiger partial charge in [0.15, 0.2) is 0 Å². The molecule has 3 aromatic rings. The van der Waals surface area contributed by atoms with Gasteiger partial charge in [-0.1, -0.05) is 41.9 Å². The molecule has 80 valence electrons. The molecule has 0 radical (unpaired) electrons. The van der Waals surface area contributed by atoms with Gasteiger partial charge in [0.1, 0.15) is 7.85 Å². The van der Waals surface area contributed by atoms with Crippen molar-refractivity contribution in [3.8, 4) is 11.3 Å². The first-order valence-corrected chi connectivity index (χ1v) is 6.02. The van der Waals surface area contributed by atoms with Crippen LogP contribution >= 0.6 is 0 Å². The van der Waals surface area contributed by atoms with Gasteiger partial charge in [0.05, 0.1) is 5.69 Å². The first kappa shape index (κ1) is 9.11. The molecule has 0 fully saturated rings. The number of aromatic amines is 1. The van der Waals surface area contributed by atoms with E-state index in [2.05, 4.69) is 55.3 Å². The van der Waals surface area contributed by atoms with Crippen LogP contribution in [0.2, 0.25) is 0 Å². The number of H-pyrrole nitrogens is 1. The third kappa shape index (κ3) is 1.15. The molecule has 1 aromatic heterocycles. The SMILES string of the molecule is Bc1ccc2[nH]c3c(c2c1)Cc1ccccc1-3. The van der Waals surface area contributed by atoms with E-state index >= 15 is 0 Å². The number of hydrogen-bond donors (Lipinski definition) is 1. The molecule has 17 heavy (non-hydrogen) atoms. The molecular weight excluding hydrogens is 205 g/mol. The van der Waals surface area contributed by atoms with Gasteiger partial charge in [-0.25, -0.2) is 0 Å². The minimum Gasteiger partial charge on any atom is -0.354 e. The first-order valence-electron chi connectivity index (χ1n) is 6.02. The minimum atomic E-state index is 1.06. The topological polar surface area (TPSA) is 15.8 Å². The number of fused-ring (bicyclic) bond motifs is 5. The van der Waals surface area contributed by atoms with Crippen molar-refractivity contribution in [2.75, 3.05) is 0 Å². The summed E-state index contributed by atoms with van der Waals surface area (Å²) >= 11 is 0. The Labute approximate surface area is 101 Å². The zero-order chi connectivity index (χ0) is 11.4. The van der Waals surface area contributed by atoms with Crippen LogP contribution in [0.25, 0.3) is 22.2 Å². The van der Waals surface area contributed by atoms with E-state index < -0.39 is 0 Å². The van der Waals surface area contributed by atoms with Crippen LogP contribution in [-0.4, -0.2) is 12.8 Å². The van der Waals surface area contributed by atoms with Crippen LogP contribution < -0.4 is 5.46 Å². The molecule has 1 aliphatic carbocycles. The molecule has 0 atom stereocenters. The molecule has 0 spiro atoms. The van der Waals surface area contributed by atoms with Crippen LogP contribution in [0.15, 0.2) is 42.5 Å². The minimum absolute atomic E-state index is 1.06. The lowest BCUT2D eigenvalue weighted by molar-refractivity contribution is 1.29. The van der Waals surface area contributed by atoms with Crippen LogP contribution in [0.5, 0.6) is 0 Å². The number of hydrogen-bond acceptors (Lipinski definition) is 0. The lowest BCUT2D eigenvalue weighted by atomic mass is 9.94. The zero-order valence-electron chi connectivity index (χ0n) is 9.75. The molecule has 2 heteroatoms. The standard InChI is InChI=1S/C15H12BN/c16-10-5-6-14-12(8-10)13-7-9-3-1-2-4-11(9)15(13)17-14/h1-6,8,17H,7,16H2. The van der Waals surface area contributed by atoms with Crippen LogP contribution in [-0.2, 0) is 6.42 Å². The summed E-state index contributed by atoms with van der Waals surface area (Å²) in [6, 6.07) is 15.3. The third-order valence-corrected chi connectivity index (χ3v) is 3.72. The lowest BCUT2D eigenvalue weighted by Crippen LogP contribution is -1.99. The Morgan fingerprint density at radius 2 is 1.94 bits per heavy atom. The zero-order valence-corrected chi connectivity index (χ0v) is 9.75. The number of nitrogens with one attached hydrogen (secondary N) is 1. The molecular formula is C15H12BN. The van der Waals surface area contributed by atoms with Gasteiger partial charge in [0.2, 0.25) is 0 Å². The molecule has 0 saturated heterocycles. The summed E-state index contributed by atoms with van der Waals surface area (Å²) in [5.41, 5.74) is 8.19. The van der Waals surface area contributed by atoms with Crippen LogP contribution in [0, 0.1) is 0 Å². The van der Waals surface area contributed by atoms with Crippen molar-refractivity contribution in [3.05, 3.63) is 53.6 Å². The molecule has 1 heterocycles. The number of aromatic nitrogens is 1. The summed E-state index contributed by atoms with van der Waals surface area (Å²) in [6.07, 6.45) is 1.06. The Morgan fingerprint density at radius 3 is 2.88 bits per heavy atom. The van der Waals surface area contributed by atoms with Crippen LogP contribution in [0.3, 0.4) is 0 Å². The van der Waals surface area contributed by atoms with Crippen molar-refractivity contribution in [2.45, 2.75) is 6.42 Å². The second kappa shape index (κ2) is 3.04. The van der Waals surface area contributed by atoms with Gasteiger partial charge in [0, 0.05) is 22.9 Å². The summed E-state index contributed by atoms with van der Waals surface area (Å²) in [5.74, 6) is 0.